The van der Waals surface area contributed by atoms with Crippen LogP contribution < -0.4 is 23.7 Å². The lowest BCUT2D eigenvalue weighted by Crippen LogP contribution is -2.38. The SMILES string of the molecule is COc1cc2c(cc1CN1CCOc3ccccc3Oc3ncccc3C(=O)N(C)CC1)OCCO2. The lowest BCUT2D eigenvalue weighted by atomic mass is 10.1. The van der Waals surface area contributed by atoms with Gasteiger partial charge in [0.1, 0.15) is 31.1 Å². The fraction of sp³-hybridized carbons (Fsp3) is 0.333. The molecule has 2 aliphatic rings. The van der Waals surface area contributed by atoms with E-state index in [-0.39, 0.29) is 11.8 Å². The van der Waals surface area contributed by atoms with E-state index < -0.39 is 0 Å². The second-order valence-corrected chi connectivity index (χ2v) is 8.56. The molecule has 0 fully saturated rings. The van der Waals surface area contributed by atoms with Crippen LogP contribution in [0.25, 0.3) is 0 Å². The standard InChI is InChI=1S/C27H29N3O6/c1-29-10-11-30(18-19-16-24-25(17-23(19)32-2)35-15-14-34-24)12-13-33-21-7-3-4-8-22(21)36-26-20(27(29)31)6-5-9-28-26/h3-9,16-17H,10-15,18H2,1-2H3. The molecule has 0 radical (unpaired) electrons. The van der Waals surface area contributed by atoms with E-state index in [9.17, 15) is 4.79 Å². The van der Waals surface area contributed by atoms with Crippen molar-refractivity contribution in [3.63, 3.8) is 0 Å². The maximum Gasteiger partial charge on any atom is 0.259 e. The molecule has 3 heterocycles. The second-order valence-electron chi connectivity index (χ2n) is 8.56. The molecule has 0 saturated carbocycles. The number of para-hydroxylation sites is 2. The van der Waals surface area contributed by atoms with Crippen molar-refractivity contribution in [2.75, 3.05) is 53.6 Å². The molecule has 1 aromatic heterocycles. The summed E-state index contributed by atoms with van der Waals surface area (Å²) in [6.45, 7) is 3.80. The van der Waals surface area contributed by atoms with E-state index in [0.717, 1.165) is 11.3 Å². The Kier molecular flexibility index (Phi) is 7.08. The summed E-state index contributed by atoms with van der Waals surface area (Å²) >= 11 is 0. The van der Waals surface area contributed by atoms with Gasteiger partial charge in [-0.05, 0) is 30.3 Å². The van der Waals surface area contributed by atoms with Crippen molar-refractivity contribution in [1.82, 2.24) is 14.8 Å². The number of likely N-dealkylation sites (N-methyl/N-ethyl adjacent to an activating group) is 1. The van der Waals surface area contributed by atoms with E-state index in [1.807, 2.05) is 30.3 Å². The van der Waals surface area contributed by atoms with E-state index in [0.29, 0.717) is 74.6 Å². The summed E-state index contributed by atoms with van der Waals surface area (Å²) in [5.74, 6) is 3.31. The van der Waals surface area contributed by atoms with Crippen molar-refractivity contribution in [2.45, 2.75) is 6.54 Å². The number of benzene rings is 2. The maximum absolute atomic E-state index is 13.3. The topological polar surface area (TPSA) is 82.6 Å². The Bertz CT molecular complexity index is 1230. The van der Waals surface area contributed by atoms with Gasteiger partial charge in [0.15, 0.2) is 23.0 Å². The van der Waals surface area contributed by atoms with Gasteiger partial charge in [-0.1, -0.05) is 12.1 Å². The Morgan fingerprint density at radius 1 is 0.889 bits per heavy atom. The average Bonchev–Trinajstić information content (AvgIpc) is 2.92. The summed E-state index contributed by atoms with van der Waals surface area (Å²) < 4.78 is 29.3. The number of nitrogens with zero attached hydrogens (tertiary/aromatic N) is 3. The Morgan fingerprint density at radius 2 is 1.64 bits per heavy atom. The van der Waals surface area contributed by atoms with Crippen molar-refractivity contribution in [1.29, 1.82) is 0 Å². The third-order valence-electron chi connectivity index (χ3n) is 6.16. The minimum absolute atomic E-state index is 0.160. The Balaban J connectivity index is 1.43. The van der Waals surface area contributed by atoms with Gasteiger partial charge in [0.05, 0.1) is 7.11 Å². The van der Waals surface area contributed by atoms with Gasteiger partial charge in [-0.2, -0.15) is 0 Å². The molecule has 2 aliphatic heterocycles. The Morgan fingerprint density at radius 3 is 2.44 bits per heavy atom. The number of carbonyl (C=O) groups excluding carboxylic acids is 1. The number of fused-ring (bicyclic) bond motifs is 3. The first-order valence-electron chi connectivity index (χ1n) is 11.9. The summed E-state index contributed by atoms with van der Waals surface area (Å²) in [7, 11) is 3.43. The number of carbonyl (C=O) groups is 1. The molecule has 3 aromatic rings. The third kappa shape index (κ3) is 5.16. The van der Waals surface area contributed by atoms with Crippen molar-refractivity contribution in [3.05, 3.63) is 65.9 Å². The number of ether oxygens (including phenoxy) is 5. The quantitative estimate of drug-likeness (QED) is 0.550. The highest BCUT2D eigenvalue weighted by Crippen LogP contribution is 2.37. The predicted octanol–water partition coefficient (Wildman–Crippen LogP) is 3.62. The number of aromatic nitrogens is 1. The molecular formula is C27H29N3O6. The lowest BCUT2D eigenvalue weighted by molar-refractivity contribution is 0.0770. The zero-order valence-electron chi connectivity index (χ0n) is 20.4. The minimum atomic E-state index is -0.160. The van der Waals surface area contributed by atoms with Crippen LogP contribution in [0.4, 0.5) is 0 Å². The molecule has 1 amide bonds. The molecule has 0 unspecified atom stereocenters. The molecule has 2 aromatic carbocycles. The fourth-order valence-corrected chi connectivity index (χ4v) is 4.21. The molecular weight excluding hydrogens is 462 g/mol. The smallest absolute Gasteiger partial charge is 0.259 e. The van der Waals surface area contributed by atoms with Gasteiger partial charge in [-0.3, -0.25) is 9.69 Å². The number of amides is 1. The number of pyridine rings is 1. The van der Waals surface area contributed by atoms with Crippen LogP contribution in [-0.4, -0.2) is 74.3 Å². The van der Waals surface area contributed by atoms with Crippen LogP contribution in [-0.2, 0) is 6.54 Å². The van der Waals surface area contributed by atoms with Gasteiger partial charge in [-0.25, -0.2) is 4.98 Å². The van der Waals surface area contributed by atoms with Crippen LogP contribution in [0.3, 0.4) is 0 Å². The molecule has 0 N–H and O–H groups in total. The van der Waals surface area contributed by atoms with Crippen LogP contribution in [0.1, 0.15) is 15.9 Å². The lowest BCUT2D eigenvalue weighted by Gasteiger charge is -2.27. The van der Waals surface area contributed by atoms with E-state index in [4.69, 9.17) is 23.7 Å². The van der Waals surface area contributed by atoms with Crippen LogP contribution >= 0.6 is 0 Å². The highest BCUT2D eigenvalue weighted by Gasteiger charge is 2.22. The van der Waals surface area contributed by atoms with E-state index >= 15 is 0 Å². The highest BCUT2D eigenvalue weighted by atomic mass is 16.6. The highest BCUT2D eigenvalue weighted by molar-refractivity contribution is 5.96. The van der Waals surface area contributed by atoms with Gasteiger partial charge in [0.25, 0.3) is 5.91 Å². The molecule has 9 heteroatoms. The molecule has 0 aliphatic carbocycles. The molecule has 5 rings (SSSR count). The monoisotopic (exact) mass is 491 g/mol. The van der Waals surface area contributed by atoms with Crippen LogP contribution in [0.15, 0.2) is 54.7 Å². The van der Waals surface area contributed by atoms with E-state index in [1.54, 1.807) is 43.5 Å². The van der Waals surface area contributed by atoms with Crippen LogP contribution in [0, 0.1) is 0 Å². The summed E-state index contributed by atoms with van der Waals surface area (Å²) in [6, 6.07) is 14.7. The molecule has 188 valence electrons. The zero-order valence-corrected chi connectivity index (χ0v) is 20.4. The van der Waals surface area contributed by atoms with Gasteiger partial charge >= 0.3 is 0 Å². The van der Waals surface area contributed by atoms with Crippen molar-refractivity contribution < 1.29 is 28.5 Å². The van der Waals surface area contributed by atoms with E-state index in [1.165, 1.54) is 0 Å². The molecule has 0 bridgehead atoms. The number of hydrogen-bond acceptors (Lipinski definition) is 8. The third-order valence-corrected chi connectivity index (χ3v) is 6.16. The van der Waals surface area contributed by atoms with Gasteiger partial charge in [0.2, 0.25) is 5.88 Å². The molecule has 0 spiro atoms. The largest absolute Gasteiger partial charge is 0.496 e. The fourth-order valence-electron chi connectivity index (χ4n) is 4.21. The minimum Gasteiger partial charge on any atom is -0.496 e. The summed E-state index contributed by atoms with van der Waals surface area (Å²) in [4.78, 5) is 21.5. The molecule has 36 heavy (non-hydrogen) atoms. The number of hydrogen-bond donors (Lipinski definition) is 0. The summed E-state index contributed by atoms with van der Waals surface area (Å²) in [5.41, 5.74) is 1.37. The van der Waals surface area contributed by atoms with Gasteiger partial charge in [0, 0.05) is 51.1 Å². The first kappa shape index (κ1) is 23.7. The molecule has 0 saturated heterocycles. The Hall–Kier alpha value is -3.98. The normalized spacial score (nSPS) is 16.3. The first-order chi connectivity index (χ1) is 17.6. The number of methoxy groups -OCH3 is 1. The molecule has 0 atom stereocenters. The van der Waals surface area contributed by atoms with Gasteiger partial charge < -0.3 is 28.6 Å². The number of rotatable bonds is 3. The van der Waals surface area contributed by atoms with E-state index in [2.05, 4.69) is 9.88 Å². The van der Waals surface area contributed by atoms with Crippen molar-refractivity contribution in [2.24, 2.45) is 0 Å². The predicted molar refractivity (Wildman–Crippen MR) is 132 cm³/mol. The summed E-state index contributed by atoms with van der Waals surface area (Å²) in [6.07, 6.45) is 1.61. The zero-order chi connectivity index (χ0) is 24.9. The van der Waals surface area contributed by atoms with Crippen LogP contribution in [0.5, 0.6) is 34.6 Å². The summed E-state index contributed by atoms with van der Waals surface area (Å²) in [5, 5.41) is 0. The maximum atomic E-state index is 13.3. The molecule has 9 nitrogen and oxygen atoms in total. The second kappa shape index (κ2) is 10.7. The van der Waals surface area contributed by atoms with Crippen molar-refractivity contribution in [3.8, 4) is 34.6 Å². The first-order valence-corrected chi connectivity index (χ1v) is 11.9. The average molecular weight is 492 g/mol. The van der Waals surface area contributed by atoms with Gasteiger partial charge in [-0.15, -0.1) is 0 Å². The Labute approximate surface area is 210 Å². The van der Waals surface area contributed by atoms with Crippen molar-refractivity contribution >= 4 is 5.91 Å². The van der Waals surface area contributed by atoms with Crippen LogP contribution in [0.2, 0.25) is 0 Å².